The minimum atomic E-state index is 0. The van der Waals surface area contributed by atoms with Crippen molar-refractivity contribution in [2.75, 3.05) is 0 Å². The second-order valence-electron chi connectivity index (χ2n) is 3.06. The van der Waals surface area contributed by atoms with E-state index in [1.807, 2.05) is 60.7 Å². The molecule has 0 N–H and O–H groups in total. The molecule has 2 aromatic carbocycles. The number of hydrogen-bond acceptors (Lipinski definition) is 1. The van der Waals surface area contributed by atoms with E-state index in [4.69, 9.17) is 0 Å². The van der Waals surface area contributed by atoms with Crippen LogP contribution in [0.2, 0.25) is 0 Å². The predicted molar refractivity (Wildman–Crippen MR) is 62.1 cm³/mol. The molecule has 0 aliphatic rings. The number of ketones is 1. The molecule has 1 radical (unpaired) electrons. The van der Waals surface area contributed by atoms with Gasteiger partial charge in [0.25, 0.3) is 0 Å². The van der Waals surface area contributed by atoms with E-state index >= 15 is 0 Å². The Morgan fingerprint density at radius 3 is 1.33 bits per heavy atom. The molecule has 0 aliphatic heterocycles. The normalized spacial score (nSPS) is 9.07. The number of carbonyl (C=O) groups is 1. The number of carbonyl (C=O) groups excluding carboxylic acids is 1. The van der Waals surface area contributed by atoms with Crippen LogP contribution in [-0.2, 0) is 0 Å². The zero-order valence-corrected chi connectivity index (χ0v) is 15.0. The first-order valence-electron chi connectivity index (χ1n) is 4.53. The van der Waals surface area contributed by atoms with E-state index in [0.29, 0.717) is 0 Å². The van der Waals surface area contributed by atoms with E-state index in [0.717, 1.165) is 11.1 Å². The Bertz CT molecular complexity index is 381. The fraction of sp³-hybridized carbons (Fsp3) is 0. The minimum Gasteiger partial charge on any atom is -0.289 e. The molecule has 0 bridgehead atoms. The molecule has 15 heavy (non-hydrogen) atoms. The van der Waals surface area contributed by atoms with Gasteiger partial charge in [0.1, 0.15) is 0 Å². The van der Waals surface area contributed by atoms with Gasteiger partial charge < -0.3 is 0 Å². The van der Waals surface area contributed by atoms with Crippen molar-refractivity contribution in [1.82, 2.24) is 0 Å². The summed E-state index contributed by atoms with van der Waals surface area (Å²) in [6, 6.07) is 18.6. The third-order valence-corrected chi connectivity index (χ3v) is 2.07. The maximum atomic E-state index is 11.8. The first kappa shape index (κ1) is 13.2. The van der Waals surface area contributed by atoms with E-state index in [-0.39, 0.29) is 74.7 Å². The fourth-order valence-electron chi connectivity index (χ4n) is 1.35. The Morgan fingerprint density at radius 1 is 0.667 bits per heavy atom. The molecule has 2 heteroatoms. The molecule has 0 heterocycles. The van der Waals surface area contributed by atoms with Gasteiger partial charge in [-0.1, -0.05) is 60.7 Å². The topological polar surface area (TPSA) is 17.1 Å². The van der Waals surface area contributed by atoms with Crippen molar-refractivity contribution < 1.29 is 4.79 Å². The zero-order chi connectivity index (χ0) is 9.80. The molecule has 0 aromatic heterocycles. The Labute approximate surface area is 148 Å². The number of benzene rings is 2. The van der Waals surface area contributed by atoms with Gasteiger partial charge in [0, 0.05) is 80.0 Å². The predicted octanol–water partition coefficient (Wildman–Crippen LogP) is 2.54. The molecule has 0 unspecified atom stereocenters. The average Bonchev–Trinajstić information content (AvgIpc) is 2.30. The van der Waals surface area contributed by atoms with E-state index in [2.05, 4.69) is 0 Å². The molecule has 2 rings (SSSR count). The molecular formula is C13H10CsO. The maximum Gasteiger partial charge on any atom is 0.193 e. The second-order valence-corrected chi connectivity index (χ2v) is 3.06. The van der Waals surface area contributed by atoms with Crippen molar-refractivity contribution in [3.05, 3.63) is 71.8 Å². The van der Waals surface area contributed by atoms with Crippen molar-refractivity contribution in [3.63, 3.8) is 0 Å². The van der Waals surface area contributed by atoms with Crippen LogP contribution in [0.15, 0.2) is 60.7 Å². The van der Waals surface area contributed by atoms with Gasteiger partial charge in [-0.15, -0.1) is 0 Å². The van der Waals surface area contributed by atoms with Gasteiger partial charge in [-0.2, -0.15) is 0 Å². The van der Waals surface area contributed by atoms with Crippen LogP contribution in [0.5, 0.6) is 0 Å². The van der Waals surface area contributed by atoms with Gasteiger partial charge in [-0.3, -0.25) is 4.79 Å². The van der Waals surface area contributed by atoms with Crippen molar-refractivity contribution in [2.24, 2.45) is 0 Å². The summed E-state index contributed by atoms with van der Waals surface area (Å²) in [7, 11) is 0. The minimum absolute atomic E-state index is 0. The Hall–Kier alpha value is 0.162. The Balaban J connectivity index is 0.00000112. The summed E-state index contributed by atoms with van der Waals surface area (Å²) in [6.45, 7) is 0. The summed E-state index contributed by atoms with van der Waals surface area (Å²) in [5.74, 6) is 0.0752. The summed E-state index contributed by atoms with van der Waals surface area (Å²) in [4.78, 5) is 11.8. The van der Waals surface area contributed by atoms with E-state index in [1.165, 1.54) is 0 Å². The molecule has 2 aromatic rings. The Morgan fingerprint density at radius 2 is 1.00 bits per heavy atom. The smallest absolute Gasteiger partial charge is 0.193 e. The van der Waals surface area contributed by atoms with E-state index < -0.39 is 0 Å². The summed E-state index contributed by atoms with van der Waals surface area (Å²) in [6.07, 6.45) is 0. The third-order valence-electron chi connectivity index (χ3n) is 2.07. The maximum absolute atomic E-state index is 11.8. The van der Waals surface area contributed by atoms with Gasteiger partial charge in [-0.05, 0) is 0 Å². The fourth-order valence-corrected chi connectivity index (χ4v) is 1.35. The zero-order valence-electron chi connectivity index (χ0n) is 8.68. The molecule has 0 fully saturated rings. The van der Waals surface area contributed by atoms with Crippen molar-refractivity contribution >= 4 is 74.7 Å². The van der Waals surface area contributed by atoms with Gasteiger partial charge in [0.15, 0.2) is 5.78 Å². The monoisotopic (exact) mass is 315 g/mol. The van der Waals surface area contributed by atoms with E-state index in [9.17, 15) is 4.79 Å². The molecular weight excluding hydrogens is 305 g/mol. The molecule has 0 saturated carbocycles. The van der Waals surface area contributed by atoms with Crippen LogP contribution in [0.25, 0.3) is 0 Å². The number of rotatable bonds is 2. The molecule has 1 nitrogen and oxygen atoms in total. The first-order chi connectivity index (χ1) is 6.88. The third kappa shape index (κ3) is 3.59. The Kier molecular flexibility index (Phi) is 5.89. The van der Waals surface area contributed by atoms with Crippen LogP contribution in [0.3, 0.4) is 0 Å². The van der Waals surface area contributed by atoms with Crippen LogP contribution in [0.4, 0.5) is 0 Å². The van der Waals surface area contributed by atoms with Crippen molar-refractivity contribution in [3.8, 4) is 0 Å². The van der Waals surface area contributed by atoms with Crippen LogP contribution >= 0.6 is 0 Å². The van der Waals surface area contributed by atoms with Gasteiger partial charge >= 0.3 is 0 Å². The molecule has 0 saturated heterocycles. The van der Waals surface area contributed by atoms with Crippen molar-refractivity contribution in [1.29, 1.82) is 0 Å². The van der Waals surface area contributed by atoms with Crippen LogP contribution in [0.1, 0.15) is 15.9 Å². The summed E-state index contributed by atoms with van der Waals surface area (Å²) in [5.41, 5.74) is 1.47. The second kappa shape index (κ2) is 6.68. The standard InChI is InChI=1S/C13H10O.Cs/c14-13(11-7-3-1-4-8-11)12-9-5-2-6-10-12;/h1-10H;. The van der Waals surface area contributed by atoms with Crippen molar-refractivity contribution in [2.45, 2.75) is 0 Å². The first-order valence-corrected chi connectivity index (χ1v) is 4.53. The van der Waals surface area contributed by atoms with Crippen LogP contribution in [-0.4, -0.2) is 74.7 Å². The van der Waals surface area contributed by atoms with E-state index in [1.54, 1.807) is 0 Å². The summed E-state index contributed by atoms with van der Waals surface area (Å²) in [5, 5.41) is 0. The van der Waals surface area contributed by atoms with Gasteiger partial charge in [-0.25, -0.2) is 0 Å². The molecule has 0 amide bonds. The molecule has 0 spiro atoms. The van der Waals surface area contributed by atoms with Gasteiger partial charge in [0.05, 0.1) is 0 Å². The summed E-state index contributed by atoms with van der Waals surface area (Å²) >= 11 is 0. The largest absolute Gasteiger partial charge is 0.289 e. The van der Waals surface area contributed by atoms with Crippen LogP contribution in [0, 0.1) is 0 Å². The average molecular weight is 315 g/mol. The summed E-state index contributed by atoms with van der Waals surface area (Å²) < 4.78 is 0. The van der Waals surface area contributed by atoms with Gasteiger partial charge in [0.2, 0.25) is 0 Å². The quantitative estimate of drug-likeness (QED) is 0.779. The molecule has 0 aliphatic carbocycles. The van der Waals surface area contributed by atoms with Crippen LogP contribution < -0.4 is 0 Å². The number of hydrogen-bond donors (Lipinski definition) is 0. The molecule has 69 valence electrons. The molecule has 0 atom stereocenters. The SMILES string of the molecule is O=C(c1ccccc1)c1ccccc1.[Cs].